The molecule has 1 N–H and O–H groups in total. The summed E-state index contributed by atoms with van der Waals surface area (Å²) in [5.74, 6) is 1.50. The molecule has 1 aromatic carbocycles. The minimum atomic E-state index is -2.95. The molecule has 128 valence electrons. The quantitative estimate of drug-likeness (QED) is 0.896. The van der Waals surface area contributed by atoms with Gasteiger partial charge in [-0.2, -0.15) is 4.98 Å². The molecule has 2 heterocycles. The number of para-hydroxylation sites is 1. The van der Waals surface area contributed by atoms with Gasteiger partial charge in [0.15, 0.2) is 9.84 Å². The van der Waals surface area contributed by atoms with Gasteiger partial charge in [0.25, 0.3) is 0 Å². The molecule has 0 bridgehead atoms. The van der Waals surface area contributed by atoms with Gasteiger partial charge in [0.1, 0.15) is 5.82 Å². The molecule has 2 aromatic rings. The van der Waals surface area contributed by atoms with Crippen molar-refractivity contribution in [1.29, 1.82) is 0 Å². The predicted molar refractivity (Wildman–Crippen MR) is 97.0 cm³/mol. The van der Waals surface area contributed by atoms with Gasteiger partial charge in [0, 0.05) is 24.8 Å². The van der Waals surface area contributed by atoms with Gasteiger partial charge in [0.2, 0.25) is 5.95 Å². The fraction of sp³-hybridized carbons (Fsp3) is 0.375. The Labute approximate surface area is 146 Å². The third-order valence-corrected chi connectivity index (χ3v) is 6.13. The van der Waals surface area contributed by atoms with Gasteiger partial charge in [-0.25, -0.2) is 13.4 Å². The maximum atomic E-state index is 11.7. The lowest BCUT2D eigenvalue weighted by Gasteiger charge is -2.24. The zero-order valence-corrected chi connectivity index (χ0v) is 15.1. The monoisotopic (exact) mass is 366 g/mol. The van der Waals surface area contributed by atoms with Crippen LogP contribution in [0.1, 0.15) is 12.1 Å². The molecule has 8 heteroatoms. The molecule has 1 unspecified atom stereocenters. The normalized spacial score (nSPS) is 19.2. The standard InChI is InChI=1S/C16H19ClN4O2S/c1-11-9-15(19-14-6-4-3-5-13(14)17)20-16(18-11)21(2)12-7-8-24(22,23)10-12/h3-6,9,12H,7-8,10H2,1-2H3,(H,18,19,20). The lowest BCUT2D eigenvalue weighted by Crippen LogP contribution is -2.34. The maximum Gasteiger partial charge on any atom is 0.227 e. The molecule has 1 aromatic heterocycles. The fourth-order valence-corrected chi connectivity index (χ4v) is 4.68. The smallest absolute Gasteiger partial charge is 0.227 e. The number of hydrogen-bond acceptors (Lipinski definition) is 6. The van der Waals surface area contributed by atoms with Crippen LogP contribution in [0.5, 0.6) is 0 Å². The summed E-state index contributed by atoms with van der Waals surface area (Å²) < 4.78 is 23.4. The third kappa shape index (κ3) is 3.79. The molecule has 0 spiro atoms. The Balaban J connectivity index is 1.85. The van der Waals surface area contributed by atoms with Gasteiger partial charge >= 0.3 is 0 Å². The highest BCUT2D eigenvalue weighted by Gasteiger charge is 2.31. The Morgan fingerprint density at radius 2 is 2.04 bits per heavy atom. The van der Waals surface area contributed by atoms with Crippen LogP contribution in [-0.4, -0.2) is 43.0 Å². The van der Waals surface area contributed by atoms with Crippen molar-refractivity contribution in [2.24, 2.45) is 0 Å². The molecule has 1 atom stereocenters. The van der Waals surface area contributed by atoms with Gasteiger partial charge in [-0.1, -0.05) is 23.7 Å². The van der Waals surface area contributed by atoms with Crippen LogP contribution in [0.2, 0.25) is 5.02 Å². The second kappa shape index (κ2) is 6.57. The Bertz CT molecular complexity index is 857. The number of nitrogens with zero attached hydrogens (tertiary/aromatic N) is 3. The van der Waals surface area contributed by atoms with Crippen LogP contribution < -0.4 is 10.2 Å². The zero-order chi connectivity index (χ0) is 17.3. The van der Waals surface area contributed by atoms with Crippen LogP contribution >= 0.6 is 11.6 Å². The number of halogens is 1. The first-order valence-electron chi connectivity index (χ1n) is 7.64. The summed E-state index contributed by atoms with van der Waals surface area (Å²) >= 11 is 6.17. The van der Waals surface area contributed by atoms with Crippen LogP contribution in [0.4, 0.5) is 17.5 Å². The van der Waals surface area contributed by atoms with Crippen LogP contribution in [0, 0.1) is 6.92 Å². The van der Waals surface area contributed by atoms with Crippen molar-refractivity contribution in [2.45, 2.75) is 19.4 Å². The number of nitrogens with one attached hydrogen (secondary N) is 1. The summed E-state index contributed by atoms with van der Waals surface area (Å²) in [6, 6.07) is 9.15. The number of rotatable bonds is 4. The van der Waals surface area contributed by atoms with E-state index in [0.29, 0.717) is 23.2 Å². The van der Waals surface area contributed by atoms with E-state index < -0.39 is 9.84 Å². The number of aromatic nitrogens is 2. The first-order valence-corrected chi connectivity index (χ1v) is 9.84. The van der Waals surface area contributed by atoms with Crippen LogP contribution in [-0.2, 0) is 9.84 Å². The molecule has 0 radical (unpaired) electrons. The largest absolute Gasteiger partial charge is 0.340 e. The number of aryl methyl sites for hydroxylation is 1. The molecule has 0 saturated carbocycles. The van der Waals surface area contributed by atoms with Crippen molar-refractivity contribution in [3.05, 3.63) is 41.0 Å². The van der Waals surface area contributed by atoms with Crippen molar-refractivity contribution in [2.75, 3.05) is 28.8 Å². The molecule has 6 nitrogen and oxygen atoms in total. The molecule has 0 aliphatic carbocycles. The highest BCUT2D eigenvalue weighted by Crippen LogP contribution is 2.26. The van der Waals surface area contributed by atoms with Gasteiger partial charge in [0.05, 0.1) is 22.2 Å². The SMILES string of the molecule is Cc1cc(Nc2ccccc2Cl)nc(N(C)C2CCS(=O)(=O)C2)n1. The van der Waals surface area contributed by atoms with E-state index >= 15 is 0 Å². The number of benzene rings is 1. The molecule has 0 amide bonds. The highest BCUT2D eigenvalue weighted by atomic mass is 35.5. The molecule has 24 heavy (non-hydrogen) atoms. The Hall–Kier alpha value is -1.86. The average molecular weight is 367 g/mol. The van der Waals surface area contributed by atoms with E-state index in [4.69, 9.17) is 11.6 Å². The van der Waals surface area contributed by atoms with E-state index in [9.17, 15) is 8.42 Å². The van der Waals surface area contributed by atoms with E-state index in [1.165, 1.54) is 0 Å². The minimum absolute atomic E-state index is 0.0926. The van der Waals surface area contributed by atoms with E-state index in [2.05, 4.69) is 15.3 Å². The van der Waals surface area contributed by atoms with Crippen molar-refractivity contribution in [3.8, 4) is 0 Å². The van der Waals surface area contributed by atoms with Gasteiger partial charge in [-0.3, -0.25) is 0 Å². The van der Waals surface area contributed by atoms with E-state index in [1.807, 2.05) is 43.1 Å². The number of anilines is 3. The summed E-state index contributed by atoms with van der Waals surface area (Å²) in [6.45, 7) is 1.88. The topological polar surface area (TPSA) is 75.2 Å². The zero-order valence-electron chi connectivity index (χ0n) is 13.5. The Morgan fingerprint density at radius 1 is 1.29 bits per heavy atom. The second-order valence-corrected chi connectivity index (χ2v) is 8.60. The first kappa shape index (κ1) is 17.0. The second-order valence-electron chi connectivity index (χ2n) is 5.97. The lowest BCUT2D eigenvalue weighted by molar-refractivity contribution is 0.600. The summed E-state index contributed by atoms with van der Waals surface area (Å²) in [6.07, 6.45) is 0.601. The summed E-state index contributed by atoms with van der Waals surface area (Å²) in [4.78, 5) is 10.8. The van der Waals surface area contributed by atoms with Crippen molar-refractivity contribution in [3.63, 3.8) is 0 Å². The Morgan fingerprint density at radius 3 is 2.71 bits per heavy atom. The molecular weight excluding hydrogens is 348 g/mol. The molecular formula is C16H19ClN4O2S. The first-order chi connectivity index (χ1) is 11.3. The summed E-state index contributed by atoms with van der Waals surface area (Å²) in [5, 5.41) is 3.79. The minimum Gasteiger partial charge on any atom is -0.340 e. The number of hydrogen-bond donors (Lipinski definition) is 1. The van der Waals surface area contributed by atoms with E-state index in [0.717, 1.165) is 11.4 Å². The van der Waals surface area contributed by atoms with Crippen LogP contribution in [0.15, 0.2) is 30.3 Å². The van der Waals surface area contributed by atoms with Gasteiger partial charge in [-0.15, -0.1) is 0 Å². The molecule has 1 saturated heterocycles. The molecule has 1 aliphatic rings. The fourth-order valence-electron chi connectivity index (χ4n) is 2.72. The van der Waals surface area contributed by atoms with Crippen molar-refractivity contribution in [1.82, 2.24) is 9.97 Å². The lowest BCUT2D eigenvalue weighted by atomic mass is 10.2. The number of sulfone groups is 1. The van der Waals surface area contributed by atoms with Gasteiger partial charge < -0.3 is 10.2 Å². The molecule has 1 fully saturated rings. The highest BCUT2D eigenvalue weighted by molar-refractivity contribution is 7.91. The predicted octanol–water partition coefficient (Wildman–Crippen LogP) is 2.81. The average Bonchev–Trinajstić information content (AvgIpc) is 2.88. The van der Waals surface area contributed by atoms with Crippen molar-refractivity contribution >= 4 is 38.9 Å². The summed E-state index contributed by atoms with van der Waals surface area (Å²) in [7, 11) is -1.12. The van der Waals surface area contributed by atoms with Gasteiger partial charge in [-0.05, 0) is 25.5 Å². The third-order valence-electron chi connectivity index (χ3n) is 4.05. The van der Waals surface area contributed by atoms with Crippen molar-refractivity contribution < 1.29 is 8.42 Å². The van der Waals surface area contributed by atoms with Crippen LogP contribution in [0.3, 0.4) is 0 Å². The molecule has 1 aliphatic heterocycles. The maximum absolute atomic E-state index is 11.7. The summed E-state index contributed by atoms with van der Waals surface area (Å²) in [5.41, 5.74) is 1.55. The molecule has 3 rings (SSSR count). The Kier molecular flexibility index (Phi) is 4.64. The van der Waals surface area contributed by atoms with E-state index in [1.54, 1.807) is 6.07 Å². The van der Waals surface area contributed by atoms with Crippen LogP contribution in [0.25, 0.3) is 0 Å². The van der Waals surface area contributed by atoms with E-state index in [-0.39, 0.29) is 17.5 Å².